The van der Waals surface area contributed by atoms with Gasteiger partial charge in [-0.1, -0.05) is 54.1 Å². The zero-order chi connectivity index (χ0) is 16.8. The molecular weight excluding hydrogens is 308 g/mol. The number of amides is 1. The summed E-state index contributed by atoms with van der Waals surface area (Å²) in [5.74, 6) is 0.0193. The monoisotopic (exact) mass is 330 g/mol. The van der Waals surface area contributed by atoms with E-state index in [1.54, 1.807) is 0 Å². The van der Waals surface area contributed by atoms with E-state index in [1.807, 2.05) is 80.4 Å². The minimum absolute atomic E-state index is 0.00859. The van der Waals surface area contributed by atoms with Crippen LogP contribution in [0.2, 0.25) is 5.02 Å². The Labute approximate surface area is 143 Å². The number of hydrogen-bond donors (Lipinski definition) is 1. The quantitative estimate of drug-likeness (QED) is 0.867. The fourth-order valence-electron chi connectivity index (χ4n) is 2.42. The van der Waals surface area contributed by atoms with Crippen LogP contribution in [0.3, 0.4) is 0 Å². The molecule has 0 aromatic heterocycles. The van der Waals surface area contributed by atoms with E-state index in [0.29, 0.717) is 11.6 Å². The zero-order valence-electron chi connectivity index (χ0n) is 13.8. The van der Waals surface area contributed by atoms with E-state index in [-0.39, 0.29) is 18.0 Å². The molecule has 0 aliphatic rings. The van der Waals surface area contributed by atoms with E-state index in [9.17, 15) is 4.79 Å². The lowest BCUT2D eigenvalue weighted by Gasteiger charge is -2.26. The highest BCUT2D eigenvalue weighted by molar-refractivity contribution is 6.30. The third-order valence-corrected chi connectivity index (χ3v) is 4.26. The molecule has 1 amide bonds. The van der Waals surface area contributed by atoms with E-state index < -0.39 is 0 Å². The highest BCUT2D eigenvalue weighted by Gasteiger charge is 2.20. The Morgan fingerprint density at radius 2 is 1.83 bits per heavy atom. The Morgan fingerprint density at radius 3 is 2.48 bits per heavy atom. The van der Waals surface area contributed by atoms with E-state index in [1.165, 1.54) is 0 Å². The number of carbonyl (C=O) groups excluding carboxylic acids is 1. The van der Waals surface area contributed by atoms with Crippen molar-refractivity contribution >= 4 is 17.5 Å². The second-order valence-corrected chi connectivity index (χ2v) is 6.30. The molecule has 2 unspecified atom stereocenters. The number of nitrogens with one attached hydrogen (secondary N) is 1. The van der Waals surface area contributed by atoms with Gasteiger partial charge in [-0.05, 0) is 44.2 Å². The molecule has 0 spiro atoms. The Bertz CT molecular complexity index is 645. The van der Waals surface area contributed by atoms with Gasteiger partial charge in [-0.2, -0.15) is 0 Å². The van der Waals surface area contributed by atoms with Gasteiger partial charge in [0.15, 0.2) is 0 Å². The summed E-state index contributed by atoms with van der Waals surface area (Å²) in [5.41, 5.74) is 2.20. The highest BCUT2D eigenvalue weighted by Crippen LogP contribution is 2.15. The summed E-state index contributed by atoms with van der Waals surface area (Å²) in [6, 6.07) is 17.5. The average molecular weight is 331 g/mol. The zero-order valence-corrected chi connectivity index (χ0v) is 14.5. The van der Waals surface area contributed by atoms with Crippen LogP contribution in [-0.2, 0) is 11.3 Å². The van der Waals surface area contributed by atoms with Crippen LogP contribution in [0.25, 0.3) is 0 Å². The van der Waals surface area contributed by atoms with E-state index in [2.05, 4.69) is 5.32 Å². The molecular formula is C19H23ClN2O. The van der Waals surface area contributed by atoms with Crippen LogP contribution in [-0.4, -0.2) is 23.9 Å². The van der Waals surface area contributed by atoms with Crippen LogP contribution in [0.5, 0.6) is 0 Å². The summed E-state index contributed by atoms with van der Waals surface area (Å²) < 4.78 is 0. The molecule has 0 radical (unpaired) electrons. The molecule has 0 aliphatic carbocycles. The van der Waals surface area contributed by atoms with Gasteiger partial charge in [0.1, 0.15) is 0 Å². The fourth-order valence-corrected chi connectivity index (χ4v) is 2.63. The maximum absolute atomic E-state index is 12.4. The van der Waals surface area contributed by atoms with Gasteiger partial charge in [0.25, 0.3) is 0 Å². The topological polar surface area (TPSA) is 32.3 Å². The largest absolute Gasteiger partial charge is 0.348 e. The number of benzene rings is 2. The lowest BCUT2D eigenvalue weighted by atomic mass is 10.1. The van der Waals surface area contributed by atoms with Gasteiger partial charge < -0.3 is 5.32 Å². The lowest BCUT2D eigenvalue weighted by molar-refractivity contribution is -0.126. The first-order valence-electron chi connectivity index (χ1n) is 7.77. The standard InChI is InChI=1S/C19H23ClN2O/c1-14(17-9-5-4-6-10-17)21-19(23)15(2)22(3)13-16-8-7-11-18(20)12-16/h4-12,14-15H,13H2,1-3H3,(H,21,23). The van der Waals surface area contributed by atoms with Crippen LogP contribution in [0, 0.1) is 0 Å². The van der Waals surface area contributed by atoms with Crippen LogP contribution in [0.4, 0.5) is 0 Å². The van der Waals surface area contributed by atoms with Crippen molar-refractivity contribution < 1.29 is 4.79 Å². The Kier molecular flexibility index (Phi) is 6.20. The molecule has 0 fully saturated rings. The highest BCUT2D eigenvalue weighted by atomic mass is 35.5. The molecule has 122 valence electrons. The smallest absolute Gasteiger partial charge is 0.237 e. The number of rotatable bonds is 6. The van der Waals surface area contributed by atoms with Crippen LogP contribution < -0.4 is 5.32 Å². The van der Waals surface area contributed by atoms with E-state index >= 15 is 0 Å². The van der Waals surface area contributed by atoms with Gasteiger partial charge in [-0.3, -0.25) is 9.69 Å². The predicted octanol–water partition coefficient (Wildman–Crippen LogP) is 4.04. The molecule has 2 atom stereocenters. The first-order valence-corrected chi connectivity index (χ1v) is 8.15. The molecule has 2 rings (SSSR count). The number of nitrogens with zero attached hydrogens (tertiary/aromatic N) is 1. The Hall–Kier alpha value is -1.84. The molecule has 0 bridgehead atoms. The molecule has 2 aromatic rings. The summed E-state index contributed by atoms with van der Waals surface area (Å²) in [6.45, 7) is 4.59. The van der Waals surface area contributed by atoms with E-state index in [0.717, 1.165) is 11.1 Å². The molecule has 3 nitrogen and oxygen atoms in total. The van der Waals surface area contributed by atoms with Crippen molar-refractivity contribution in [2.24, 2.45) is 0 Å². The lowest BCUT2D eigenvalue weighted by Crippen LogP contribution is -2.43. The van der Waals surface area contributed by atoms with Gasteiger partial charge in [0, 0.05) is 11.6 Å². The SMILES string of the molecule is CC(NC(=O)C(C)N(C)Cc1cccc(Cl)c1)c1ccccc1. The van der Waals surface area contributed by atoms with Crippen molar-refractivity contribution in [3.8, 4) is 0 Å². The molecule has 0 saturated heterocycles. The molecule has 23 heavy (non-hydrogen) atoms. The summed E-state index contributed by atoms with van der Waals surface area (Å²) in [5, 5.41) is 3.78. The summed E-state index contributed by atoms with van der Waals surface area (Å²) >= 11 is 6.01. The van der Waals surface area contributed by atoms with Crippen molar-refractivity contribution in [3.63, 3.8) is 0 Å². The summed E-state index contributed by atoms with van der Waals surface area (Å²) in [6.07, 6.45) is 0. The molecule has 1 N–H and O–H groups in total. The molecule has 0 heterocycles. The van der Waals surface area contributed by atoms with Gasteiger partial charge in [-0.15, -0.1) is 0 Å². The number of halogens is 1. The van der Waals surface area contributed by atoms with Gasteiger partial charge in [-0.25, -0.2) is 0 Å². The number of likely N-dealkylation sites (N-methyl/N-ethyl adjacent to an activating group) is 1. The van der Waals surface area contributed by atoms with Crippen molar-refractivity contribution in [1.82, 2.24) is 10.2 Å². The molecule has 0 aliphatic heterocycles. The van der Waals surface area contributed by atoms with Crippen LogP contribution in [0.1, 0.15) is 31.0 Å². The molecule has 0 saturated carbocycles. The second kappa shape index (κ2) is 8.14. The molecule has 4 heteroatoms. The van der Waals surface area contributed by atoms with Crippen molar-refractivity contribution in [3.05, 3.63) is 70.7 Å². The second-order valence-electron chi connectivity index (χ2n) is 5.86. The fraction of sp³-hybridized carbons (Fsp3) is 0.316. The van der Waals surface area contributed by atoms with Crippen LogP contribution in [0.15, 0.2) is 54.6 Å². The van der Waals surface area contributed by atoms with Crippen molar-refractivity contribution in [2.45, 2.75) is 32.5 Å². The summed E-state index contributed by atoms with van der Waals surface area (Å²) in [4.78, 5) is 14.5. The third-order valence-electron chi connectivity index (χ3n) is 4.02. The Morgan fingerprint density at radius 1 is 1.13 bits per heavy atom. The maximum Gasteiger partial charge on any atom is 0.237 e. The first kappa shape index (κ1) is 17.5. The number of carbonyl (C=O) groups is 1. The summed E-state index contributed by atoms with van der Waals surface area (Å²) in [7, 11) is 1.94. The Balaban J connectivity index is 1.93. The minimum Gasteiger partial charge on any atom is -0.348 e. The third kappa shape index (κ3) is 5.08. The average Bonchev–Trinajstić information content (AvgIpc) is 2.54. The maximum atomic E-state index is 12.4. The normalized spacial score (nSPS) is 13.6. The minimum atomic E-state index is -0.222. The number of hydrogen-bond acceptors (Lipinski definition) is 2. The van der Waals surface area contributed by atoms with Gasteiger partial charge in [0.05, 0.1) is 12.1 Å². The van der Waals surface area contributed by atoms with Crippen molar-refractivity contribution in [1.29, 1.82) is 0 Å². The van der Waals surface area contributed by atoms with Crippen LogP contribution >= 0.6 is 11.6 Å². The van der Waals surface area contributed by atoms with Gasteiger partial charge >= 0.3 is 0 Å². The predicted molar refractivity (Wildman–Crippen MR) is 95.4 cm³/mol. The van der Waals surface area contributed by atoms with Gasteiger partial charge in [0.2, 0.25) is 5.91 Å². The molecule has 2 aromatic carbocycles. The van der Waals surface area contributed by atoms with E-state index in [4.69, 9.17) is 11.6 Å². The first-order chi connectivity index (χ1) is 11.0. The van der Waals surface area contributed by atoms with Crippen molar-refractivity contribution in [2.75, 3.05) is 7.05 Å².